The average molecular weight is 310 g/mol. The van der Waals surface area contributed by atoms with E-state index in [1.165, 1.54) is 11.3 Å². The molecule has 0 aliphatic heterocycles. The zero-order valence-electron chi connectivity index (χ0n) is 11.9. The Morgan fingerprint density at radius 3 is 2.52 bits per heavy atom. The Morgan fingerprint density at radius 1 is 1.29 bits per heavy atom. The molecule has 2 unspecified atom stereocenters. The molecule has 0 radical (unpaired) electrons. The predicted molar refractivity (Wildman–Crippen MR) is 79.4 cm³/mol. The van der Waals surface area contributed by atoms with Crippen LogP contribution in [-0.2, 0) is 9.59 Å². The largest absolute Gasteiger partial charge is 0.481 e. The smallest absolute Gasteiger partial charge is 0.308 e. The quantitative estimate of drug-likeness (QED) is 0.748. The Bertz CT molecular complexity index is 565. The molecule has 3 N–H and O–H groups in total. The standard InChI is InChI=1S/C14H18N2O4S/c1-7(14(19)20)8(2)15-13(18)10-5-6-11(21-10)16-12(17)9-3-4-9/h5-9H,3-4H2,1-2H3,(H,15,18)(H,16,17)(H,19,20). The number of carboxylic acids is 1. The minimum Gasteiger partial charge on any atom is -0.481 e. The highest BCUT2D eigenvalue weighted by Gasteiger charge is 2.30. The summed E-state index contributed by atoms with van der Waals surface area (Å²) in [6, 6.07) is 2.84. The topological polar surface area (TPSA) is 95.5 Å². The van der Waals surface area contributed by atoms with Crippen LogP contribution in [-0.4, -0.2) is 28.9 Å². The van der Waals surface area contributed by atoms with Gasteiger partial charge in [-0.15, -0.1) is 11.3 Å². The van der Waals surface area contributed by atoms with Gasteiger partial charge < -0.3 is 15.7 Å². The van der Waals surface area contributed by atoms with E-state index in [0.29, 0.717) is 9.88 Å². The molecule has 0 bridgehead atoms. The second-order valence-corrected chi connectivity index (χ2v) is 6.40. The van der Waals surface area contributed by atoms with Crippen molar-refractivity contribution in [3.05, 3.63) is 17.0 Å². The molecule has 2 rings (SSSR count). The minimum atomic E-state index is -0.952. The highest BCUT2D eigenvalue weighted by atomic mass is 32.1. The first-order valence-electron chi connectivity index (χ1n) is 6.83. The summed E-state index contributed by atoms with van der Waals surface area (Å²) in [7, 11) is 0. The fraction of sp³-hybridized carbons (Fsp3) is 0.500. The summed E-state index contributed by atoms with van der Waals surface area (Å²) in [5, 5.41) is 15.0. The molecule has 1 heterocycles. The van der Waals surface area contributed by atoms with Gasteiger partial charge >= 0.3 is 5.97 Å². The molecule has 1 aromatic rings. The van der Waals surface area contributed by atoms with Crippen LogP contribution in [0, 0.1) is 11.8 Å². The third-order valence-electron chi connectivity index (χ3n) is 3.52. The van der Waals surface area contributed by atoms with Crippen molar-refractivity contribution in [3.8, 4) is 0 Å². The van der Waals surface area contributed by atoms with Gasteiger partial charge in [0.25, 0.3) is 5.91 Å². The molecular weight excluding hydrogens is 292 g/mol. The third-order valence-corrected chi connectivity index (χ3v) is 4.52. The van der Waals surface area contributed by atoms with E-state index in [4.69, 9.17) is 5.11 Å². The number of rotatable bonds is 6. The first-order chi connectivity index (χ1) is 9.88. The predicted octanol–water partition coefficient (Wildman–Crippen LogP) is 1.94. The molecule has 1 fully saturated rings. The van der Waals surface area contributed by atoms with Crippen LogP contribution in [0.25, 0.3) is 0 Å². The maximum Gasteiger partial charge on any atom is 0.308 e. The van der Waals surface area contributed by atoms with Crippen molar-refractivity contribution in [2.45, 2.75) is 32.7 Å². The highest BCUT2D eigenvalue weighted by molar-refractivity contribution is 7.18. The fourth-order valence-electron chi connectivity index (χ4n) is 1.71. The molecule has 1 aliphatic carbocycles. The lowest BCUT2D eigenvalue weighted by molar-refractivity contribution is -0.141. The van der Waals surface area contributed by atoms with E-state index in [-0.39, 0.29) is 17.7 Å². The second-order valence-electron chi connectivity index (χ2n) is 5.32. The normalized spacial score (nSPS) is 16.9. The van der Waals surface area contributed by atoms with Crippen LogP contribution in [0.1, 0.15) is 36.4 Å². The Morgan fingerprint density at radius 2 is 1.95 bits per heavy atom. The zero-order valence-corrected chi connectivity index (χ0v) is 12.7. The molecule has 7 heteroatoms. The summed E-state index contributed by atoms with van der Waals surface area (Å²) in [6.45, 7) is 3.20. The average Bonchev–Trinajstić information content (AvgIpc) is 3.18. The summed E-state index contributed by atoms with van der Waals surface area (Å²) in [4.78, 5) is 35.0. The van der Waals surface area contributed by atoms with Gasteiger partial charge in [0.1, 0.15) is 0 Å². The van der Waals surface area contributed by atoms with Crippen LogP contribution in [0.5, 0.6) is 0 Å². The van der Waals surface area contributed by atoms with E-state index in [1.807, 2.05) is 0 Å². The fourth-order valence-corrected chi connectivity index (χ4v) is 2.53. The number of thiophene rings is 1. The lowest BCUT2D eigenvalue weighted by Gasteiger charge is -2.17. The van der Waals surface area contributed by atoms with E-state index in [1.54, 1.807) is 26.0 Å². The monoisotopic (exact) mass is 310 g/mol. The molecule has 6 nitrogen and oxygen atoms in total. The van der Waals surface area contributed by atoms with Gasteiger partial charge in [-0.3, -0.25) is 14.4 Å². The molecule has 21 heavy (non-hydrogen) atoms. The summed E-state index contributed by atoms with van der Waals surface area (Å²) in [5.41, 5.74) is 0. The maximum absolute atomic E-state index is 12.0. The zero-order chi connectivity index (χ0) is 15.6. The summed E-state index contributed by atoms with van der Waals surface area (Å²) >= 11 is 1.19. The number of anilines is 1. The van der Waals surface area contributed by atoms with Gasteiger partial charge in [0, 0.05) is 12.0 Å². The van der Waals surface area contributed by atoms with Crippen LogP contribution in [0.2, 0.25) is 0 Å². The van der Waals surface area contributed by atoms with Gasteiger partial charge in [-0.1, -0.05) is 0 Å². The van der Waals surface area contributed by atoms with E-state index >= 15 is 0 Å². The van der Waals surface area contributed by atoms with Crippen LogP contribution in [0.4, 0.5) is 5.00 Å². The Hall–Kier alpha value is -1.89. The Balaban J connectivity index is 1.92. The van der Waals surface area contributed by atoms with Crippen molar-refractivity contribution in [1.82, 2.24) is 5.32 Å². The number of carbonyl (C=O) groups excluding carboxylic acids is 2. The number of hydrogen-bond donors (Lipinski definition) is 3. The van der Waals surface area contributed by atoms with Crippen molar-refractivity contribution in [2.75, 3.05) is 5.32 Å². The molecule has 0 aromatic carbocycles. The van der Waals surface area contributed by atoms with Crippen molar-refractivity contribution >= 4 is 34.1 Å². The molecule has 1 aromatic heterocycles. The van der Waals surface area contributed by atoms with Crippen molar-refractivity contribution in [3.63, 3.8) is 0 Å². The van der Waals surface area contributed by atoms with Crippen LogP contribution >= 0.6 is 11.3 Å². The van der Waals surface area contributed by atoms with Crippen molar-refractivity contribution in [1.29, 1.82) is 0 Å². The first kappa shape index (κ1) is 15.5. The molecular formula is C14H18N2O4S. The molecule has 2 amide bonds. The molecule has 1 saturated carbocycles. The summed E-state index contributed by atoms with van der Waals surface area (Å²) in [6.07, 6.45) is 1.85. The van der Waals surface area contributed by atoms with E-state index in [0.717, 1.165) is 12.8 Å². The molecule has 114 valence electrons. The number of amides is 2. The number of hydrogen-bond acceptors (Lipinski definition) is 4. The van der Waals surface area contributed by atoms with E-state index < -0.39 is 17.9 Å². The number of nitrogens with one attached hydrogen (secondary N) is 2. The lowest BCUT2D eigenvalue weighted by atomic mass is 10.0. The number of aliphatic carboxylic acids is 1. The van der Waals surface area contributed by atoms with Gasteiger partial charge in [-0.05, 0) is 38.8 Å². The Kier molecular flexibility index (Phi) is 4.62. The number of carboxylic acid groups (broad SMARTS) is 1. The van der Waals surface area contributed by atoms with Crippen LogP contribution in [0.15, 0.2) is 12.1 Å². The van der Waals surface area contributed by atoms with Crippen molar-refractivity contribution < 1.29 is 19.5 Å². The Labute approximate surface area is 126 Å². The van der Waals surface area contributed by atoms with Gasteiger partial charge in [-0.2, -0.15) is 0 Å². The second kappa shape index (κ2) is 6.26. The third kappa shape index (κ3) is 4.04. The SMILES string of the molecule is CC(NC(=O)c1ccc(NC(=O)C2CC2)s1)C(C)C(=O)O. The summed E-state index contributed by atoms with van der Waals surface area (Å²) in [5.74, 6) is -1.83. The number of carbonyl (C=O) groups is 3. The van der Waals surface area contributed by atoms with Gasteiger partial charge in [-0.25, -0.2) is 0 Å². The first-order valence-corrected chi connectivity index (χ1v) is 7.64. The van der Waals surface area contributed by atoms with Crippen molar-refractivity contribution in [2.24, 2.45) is 11.8 Å². The van der Waals surface area contributed by atoms with Crippen LogP contribution in [0.3, 0.4) is 0 Å². The molecule has 1 aliphatic rings. The summed E-state index contributed by atoms with van der Waals surface area (Å²) < 4.78 is 0. The van der Waals surface area contributed by atoms with Gasteiger partial charge in [0.05, 0.1) is 15.8 Å². The van der Waals surface area contributed by atoms with Gasteiger partial charge in [0.2, 0.25) is 5.91 Å². The van der Waals surface area contributed by atoms with Gasteiger partial charge in [0.15, 0.2) is 0 Å². The minimum absolute atomic E-state index is 0.00308. The van der Waals surface area contributed by atoms with E-state index in [2.05, 4.69) is 10.6 Å². The maximum atomic E-state index is 12.0. The highest BCUT2D eigenvalue weighted by Crippen LogP contribution is 2.31. The van der Waals surface area contributed by atoms with E-state index in [9.17, 15) is 14.4 Å². The van der Waals surface area contributed by atoms with Crippen LogP contribution < -0.4 is 10.6 Å². The molecule has 0 saturated heterocycles. The molecule has 0 spiro atoms. The molecule has 2 atom stereocenters. The lowest BCUT2D eigenvalue weighted by Crippen LogP contribution is -2.39.